The third-order valence-corrected chi connectivity index (χ3v) is 6.14. The van der Waals surface area contributed by atoms with E-state index in [2.05, 4.69) is 14.9 Å². The Kier molecular flexibility index (Phi) is 4.07. The van der Waals surface area contributed by atoms with E-state index < -0.39 is 9.84 Å². The minimum Gasteiger partial charge on any atom is -0.377 e. The van der Waals surface area contributed by atoms with Crippen LogP contribution in [0.5, 0.6) is 0 Å². The van der Waals surface area contributed by atoms with E-state index >= 15 is 0 Å². The highest BCUT2D eigenvalue weighted by Gasteiger charge is 2.36. The second-order valence-electron chi connectivity index (χ2n) is 5.61. The van der Waals surface area contributed by atoms with Crippen LogP contribution in [0.2, 0.25) is 5.28 Å². The van der Waals surface area contributed by atoms with E-state index in [-0.39, 0.29) is 22.3 Å². The molecule has 2 fully saturated rings. The van der Waals surface area contributed by atoms with Crippen molar-refractivity contribution in [3.8, 4) is 0 Å². The summed E-state index contributed by atoms with van der Waals surface area (Å²) in [5, 5.41) is -0.107. The number of nitrogens with zero attached hydrogens (tertiary/aromatic N) is 3. The molecule has 1 aromatic heterocycles. The van der Waals surface area contributed by atoms with E-state index in [1.165, 1.54) is 0 Å². The molecule has 2 aliphatic rings. The highest BCUT2D eigenvalue weighted by Crippen LogP contribution is 2.31. The van der Waals surface area contributed by atoms with Gasteiger partial charge in [0.1, 0.15) is 5.82 Å². The maximum Gasteiger partial charge on any atom is 0.224 e. The van der Waals surface area contributed by atoms with E-state index in [0.717, 1.165) is 12.8 Å². The van der Waals surface area contributed by atoms with Crippen LogP contribution >= 0.6 is 11.6 Å². The smallest absolute Gasteiger partial charge is 0.224 e. The number of ether oxygens (including phenoxy) is 1. The fourth-order valence-corrected chi connectivity index (χ4v) is 4.34. The minimum absolute atomic E-state index is 0.0639. The molecule has 0 unspecified atom stereocenters. The first-order valence-corrected chi connectivity index (χ1v) is 9.14. The van der Waals surface area contributed by atoms with Gasteiger partial charge in [-0.15, -0.1) is 0 Å². The third kappa shape index (κ3) is 3.46. The van der Waals surface area contributed by atoms with Crippen LogP contribution in [0, 0.1) is 0 Å². The molecule has 6 nitrogen and oxygen atoms in total. The molecule has 0 amide bonds. The Bertz CT molecular complexity index is 634. The van der Waals surface area contributed by atoms with Crippen LogP contribution in [0.15, 0.2) is 6.07 Å². The molecule has 1 aromatic rings. The van der Waals surface area contributed by atoms with Crippen molar-refractivity contribution in [3.05, 3.63) is 17.0 Å². The molecular formula is C13H18ClN3O3S. The lowest BCUT2D eigenvalue weighted by Gasteiger charge is -2.34. The summed E-state index contributed by atoms with van der Waals surface area (Å²) in [4.78, 5) is 10.4. The van der Waals surface area contributed by atoms with Gasteiger partial charge in [-0.1, -0.05) is 0 Å². The number of sulfone groups is 1. The number of aromatic nitrogens is 2. The molecule has 1 aliphatic carbocycles. The molecular weight excluding hydrogens is 314 g/mol. The predicted octanol–water partition coefficient (Wildman–Crippen LogP) is 1.43. The van der Waals surface area contributed by atoms with E-state index in [1.807, 2.05) is 6.92 Å². The predicted molar refractivity (Wildman–Crippen MR) is 80.3 cm³/mol. The average molecular weight is 332 g/mol. The van der Waals surface area contributed by atoms with Gasteiger partial charge in [0.25, 0.3) is 0 Å². The summed E-state index contributed by atoms with van der Waals surface area (Å²) in [6.07, 6.45) is 1.52. The van der Waals surface area contributed by atoms with Gasteiger partial charge in [0.2, 0.25) is 5.28 Å². The summed E-state index contributed by atoms with van der Waals surface area (Å²) in [5.41, 5.74) is 0.468. The van der Waals surface area contributed by atoms with Crippen molar-refractivity contribution in [1.82, 2.24) is 9.97 Å². The quantitative estimate of drug-likeness (QED) is 0.777. The Balaban J connectivity index is 1.85. The third-order valence-electron chi connectivity index (χ3n) is 3.78. The molecule has 0 radical (unpaired) electrons. The average Bonchev–Trinajstić information content (AvgIpc) is 3.22. The van der Waals surface area contributed by atoms with E-state index in [1.54, 1.807) is 6.07 Å². The van der Waals surface area contributed by atoms with Gasteiger partial charge in [-0.25, -0.2) is 18.4 Å². The van der Waals surface area contributed by atoms with Crippen molar-refractivity contribution in [2.75, 3.05) is 24.7 Å². The zero-order chi connectivity index (χ0) is 15.0. The summed E-state index contributed by atoms with van der Waals surface area (Å²) in [5.74, 6) is 0.609. The molecule has 1 aliphatic heterocycles. The van der Waals surface area contributed by atoms with E-state index in [4.69, 9.17) is 16.3 Å². The van der Waals surface area contributed by atoms with Crippen molar-refractivity contribution >= 4 is 27.3 Å². The largest absolute Gasteiger partial charge is 0.377 e. The van der Waals surface area contributed by atoms with Crippen LogP contribution < -0.4 is 4.90 Å². The molecule has 0 aromatic carbocycles. The molecule has 8 heteroatoms. The first-order chi connectivity index (χ1) is 9.95. The van der Waals surface area contributed by atoms with Gasteiger partial charge in [0, 0.05) is 12.6 Å². The number of hydrogen-bond donors (Lipinski definition) is 0. The fraction of sp³-hybridized carbons (Fsp3) is 0.692. The second-order valence-corrected chi connectivity index (χ2v) is 8.23. The molecule has 1 saturated carbocycles. The minimum atomic E-state index is -3.11. The van der Waals surface area contributed by atoms with Gasteiger partial charge < -0.3 is 9.64 Å². The normalized spacial score (nSPS) is 23.3. The zero-order valence-corrected chi connectivity index (χ0v) is 13.4. The Morgan fingerprint density at radius 2 is 2.19 bits per heavy atom. The van der Waals surface area contributed by atoms with Crippen LogP contribution in [0.25, 0.3) is 0 Å². The Morgan fingerprint density at radius 3 is 2.86 bits per heavy atom. The molecule has 3 rings (SSSR count). The molecule has 21 heavy (non-hydrogen) atoms. The van der Waals surface area contributed by atoms with Crippen molar-refractivity contribution in [2.24, 2.45) is 0 Å². The SMILES string of the molecule is C[C@H]1COCCN1c1cc(CS(=O)(=O)C2CC2)nc(Cl)n1. The lowest BCUT2D eigenvalue weighted by molar-refractivity contribution is 0.0985. The second kappa shape index (κ2) is 5.70. The van der Waals surface area contributed by atoms with Gasteiger partial charge in [0.15, 0.2) is 9.84 Å². The maximum atomic E-state index is 12.1. The number of morpholine rings is 1. The van der Waals surface area contributed by atoms with Crippen molar-refractivity contribution in [1.29, 1.82) is 0 Å². The fourth-order valence-electron chi connectivity index (χ4n) is 2.49. The van der Waals surface area contributed by atoms with E-state index in [9.17, 15) is 8.42 Å². The lowest BCUT2D eigenvalue weighted by atomic mass is 10.2. The van der Waals surface area contributed by atoms with Crippen LogP contribution in [0.4, 0.5) is 5.82 Å². The lowest BCUT2D eigenvalue weighted by Crippen LogP contribution is -2.44. The zero-order valence-electron chi connectivity index (χ0n) is 11.8. The summed E-state index contributed by atoms with van der Waals surface area (Å²) in [7, 11) is -3.11. The molecule has 1 saturated heterocycles. The molecule has 0 bridgehead atoms. The topological polar surface area (TPSA) is 72.4 Å². The van der Waals surface area contributed by atoms with Crippen molar-refractivity contribution in [3.63, 3.8) is 0 Å². The van der Waals surface area contributed by atoms with Gasteiger partial charge in [0.05, 0.1) is 36.0 Å². The number of anilines is 1. The van der Waals surface area contributed by atoms with Crippen LogP contribution in [-0.4, -0.2) is 49.4 Å². The van der Waals surface area contributed by atoms with Gasteiger partial charge >= 0.3 is 0 Å². The summed E-state index contributed by atoms with van der Waals surface area (Å²) < 4.78 is 29.6. The Hall–Kier alpha value is -0.920. The van der Waals surface area contributed by atoms with Crippen LogP contribution in [0.1, 0.15) is 25.5 Å². The highest BCUT2D eigenvalue weighted by molar-refractivity contribution is 7.91. The molecule has 0 spiro atoms. The maximum absolute atomic E-state index is 12.1. The monoisotopic (exact) mass is 331 g/mol. The number of rotatable bonds is 4. The van der Waals surface area contributed by atoms with Crippen LogP contribution in [0.3, 0.4) is 0 Å². The molecule has 2 heterocycles. The van der Waals surface area contributed by atoms with Crippen molar-refractivity contribution < 1.29 is 13.2 Å². The number of halogens is 1. The highest BCUT2D eigenvalue weighted by atomic mass is 35.5. The summed E-state index contributed by atoms with van der Waals surface area (Å²) >= 11 is 5.97. The Morgan fingerprint density at radius 1 is 1.43 bits per heavy atom. The Labute approximate surface area is 129 Å². The standard InChI is InChI=1S/C13H18ClN3O3S/c1-9-7-20-5-4-17(9)12-6-10(15-13(14)16-12)8-21(18,19)11-2-3-11/h6,9,11H,2-5,7-8H2,1H3/t9-/m0/s1. The van der Waals surface area contributed by atoms with E-state index in [0.29, 0.717) is 31.3 Å². The number of hydrogen-bond acceptors (Lipinski definition) is 6. The van der Waals surface area contributed by atoms with Gasteiger partial charge in [-0.3, -0.25) is 0 Å². The van der Waals surface area contributed by atoms with Crippen LogP contribution in [-0.2, 0) is 20.3 Å². The molecule has 0 N–H and O–H groups in total. The summed E-state index contributed by atoms with van der Waals surface area (Å²) in [6.45, 7) is 4.00. The molecule has 1 atom stereocenters. The van der Waals surface area contributed by atoms with Gasteiger partial charge in [-0.05, 0) is 31.4 Å². The van der Waals surface area contributed by atoms with Gasteiger partial charge in [-0.2, -0.15) is 0 Å². The van der Waals surface area contributed by atoms with Crippen molar-refractivity contribution in [2.45, 2.75) is 36.8 Å². The first-order valence-electron chi connectivity index (χ1n) is 7.05. The molecule has 116 valence electrons. The summed E-state index contributed by atoms with van der Waals surface area (Å²) in [6, 6.07) is 1.91. The first kappa shape index (κ1) is 15.0.